The Labute approximate surface area is 192 Å². The molecule has 0 bridgehead atoms. The van der Waals surface area contributed by atoms with E-state index in [0.717, 1.165) is 11.3 Å². The average molecular weight is 450 g/mol. The third kappa shape index (κ3) is 6.22. The van der Waals surface area contributed by atoms with Crippen LogP contribution < -0.4 is 25.2 Å². The summed E-state index contributed by atoms with van der Waals surface area (Å²) in [6.45, 7) is 4.19. The number of hydrogen-bond acceptors (Lipinski definition) is 6. The summed E-state index contributed by atoms with van der Waals surface area (Å²) >= 11 is 0. The third-order valence-electron chi connectivity index (χ3n) is 4.71. The molecule has 1 aromatic heterocycles. The Kier molecular flexibility index (Phi) is 7.86. The van der Waals surface area contributed by atoms with Crippen LogP contribution in [0, 0.1) is 0 Å². The van der Waals surface area contributed by atoms with E-state index in [0.29, 0.717) is 23.6 Å². The minimum Gasteiger partial charge on any atom is -0.497 e. The quantitative estimate of drug-likeness (QED) is 0.399. The summed E-state index contributed by atoms with van der Waals surface area (Å²) in [6.07, 6.45) is 3.12. The molecule has 0 aliphatic carbocycles. The third-order valence-corrected chi connectivity index (χ3v) is 4.71. The Bertz CT molecular complexity index is 1180. The van der Waals surface area contributed by atoms with Crippen LogP contribution in [-0.4, -0.2) is 37.0 Å². The fraction of sp³-hybridized carbons (Fsp3) is 0.240. The second-order valence-electron chi connectivity index (χ2n) is 7.48. The van der Waals surface area contributed by atoms with Crippen molar-refractivity contribution in [3.8, 4) is 17.2 Å². The van der Waals surface area contributed by atoms with Crippen molar-refractivity contribution in [3.05, 3.63) is 87.8 Å². The van der Waals surface area contributed by atoms with Gasteiger partial charge in [0.05, 0.1) is 33.1 Å². The van der Waals surface area contributed by atoms with Crippen LogP contribution >= 0.6 is 0 Å². The van der Waals surface area contributed by atoms with Gasteiger partial charge in [0.15, 0.2) is 11.5 Å². The zero-order valence-corrected chi connectivity index (χ0v) is 19.1. The van der Waals surface area contributed by atoms with Gasteiger partial charge in [0.1, 0.15) is 11.3 Å². The van der Waals surface area contributed by atoms with Crippen molar-refractivity contribution in [2.24, 2.45) is 5.10 Å². The first-order valence-electron chi connectivity index (χ1n) is 10.4. The number of nitrogens with one attached hydrogen (secondary N) is 1. The van der Waals surface area contributed by atoms with Crippen molar-refractivity contribution in [1.82, 2.24) is 9.99 Å². The summed E-state index contributed by atoms with van der Waals surface area (Å²) in [7, 11) is 3.15. The number of methoxy groups -OCH3 is 2. The second-order valence-corrected chi connectivity index (χ2v) is 7.48. The van der Waals surface area contributed by atoms with E-state index in [2.05, 4.69) is 10.5 Å². The van der Waals surface area contributed by atoms with Crippen LogP contribution in [0.5, 0.6) is 17.2 Å². The molecule has 2 aromatic carbocycles. The number of carbonyl (C=O) groups excluding carboxylic acids is 1. The van der Waals surface area contributed by atoms with Gasteiger partial charge < -0.3 is 18.8 Å². The molecule has 1 amide bonds. The molecular weight excluding hydrogens is 422 g/mol. The highest BCUT2D eigenvalue weighted by atomic mass is 16.5. The van der Waals surface area contributed by atoms with Gasteiger partial charge in [-0.15, -0.1) is 0 Å². The zero-order chi connectivity index (χ0) is 23.8. The average Bonchev–Trinajstić information content (AvgIpc) is 2.81. The number of benzene rings is 2. The van der Waals surface area contributed by atoms with Gasteiger partial charge >= 0.3 is 0 Å². The lowest BCUT2D eigenvalue weighted by molar-refractivity contribution is 0.0953. The van der Waals surface area contributed by atoms with Gasteiger partial charge in [-0.3, -0.25) is 9.59 Å². The highest BCUT2D eigenvalue weighted by molar-refractivity contribution is 5.94. The number of carbonyl (C=O) groups is 1. The van der Waals surface area contributed by atoms with Crippen LogP contribution in [0.2, 0.25) is 0 Å². The molecule has 0 aliphatic heterocycles. The second kappa shape index (κ2) is 11.0. The Morgan fingerprint density at radius 2 is 1.82 bits per heavy atom. The molecule has 8 nitrogen and oxygen atoms in total. The molecule has 1 N–H and O–H groups in total. The summed E-state index contributed by atoms with van der Waals surface area (Å²) in [6, 6.07) is 15.8. The highest BCUT2D eigenvalue weighted by Crippen LogP contribution is 2.28. The van der Waals surface area contributed by atoms with Gasteiger partial charge in [-0.1, -0.05) is 12.1 Å². The fourth-order valence-electron chi connectivity index (χ4n) is 3.10. The molecule has 3 aromatic rings. The Balaban J connectivity index is 1.69. The minimum absolute atomic E-state index is 0.00132. The molecule has 0 aliphatic rings. The number of amides is 1. The molecule has 3 rings (SSSR count). The predicted molar refractivity (Wildman–Crippen MR) is 127 cm³/mol. The van der Waals surface area contributed by atoms with Gasteiger partial charge in [-0.05, 0) is 67.4 Å². The summed E-state index contributed by atoms with van der Waals surface area (Å²) in [4.78, 5) is 25.3. The fourth-order valence-corrected chi connectivity index (χ4v) is 3.10. The lowest BCUT2D eigenvalue weighted by Gasteiger charge is -2.13. The predicted octanol–water partition coefficient (Wildman–Crippen LogP) is 3.46. The Morgan fingerprint density at radius 1 is 1.06 bits per heavy atom. The van der Waals surface area contributed by atoms with Gasteiger partial charge in [-0.2, -0.15) is 5.10 Å². The van der Waals surface area contributed by atoms with E-state index in [1.165, 1.54) is 16.8 Å². The lowest BCUT2D eigenvalue weighted by atomic mass is 10.2. The number of hydrazone groups is 1. The molecule has 0 radical (unpaired) electrons. The number of pyridine rings is 1. The van der Waals surface area contributed by atoms with Crippen LogP contribution in [0.15, 0.2) is 70.7 Å². The van der Waals surface area contributed by atoms with E-state index in [1.54, 1.807) is 44.7 Å². The minimum atomic E-state index is -0.591. The number of rotatable bonds is 9. The van der Waals surface area contributed by atoms with E-state index < -0.39 is 11.5 Å². The van der Waals surface area contributed by atoms with Crippen molar-refractivity contribution < 1.29 is 19.0 Å². The van der Waals surface area contributed by atoms with Gasteiger partial charge in [0.25, 0.3) is 11.5 Å². The number of ether oxygens (including phenoxy) is 3. The molecule has 0 saturated carbocycles. The van der Waals surface area contributed by atoms with Crippen LogP contribution in [0.3, 0.4) is 0 Å². The van der Waals surface area contributed by atoms with Crippen molar-refractivity contribution >= 4 is 12.1 Å². The smallest absolute Gasteiger partial charge is 0.276 e. The Morgan fingerprint density at radius 3 is 2.48 bits per heavy atom. The van der Waals surface area contributed by atoms with Crippen molar-refractivity contribution in [3.63, 3.8) is 0 Å². The van der Waals surface area contributed by atoms with Crippen LogP contribution in [-0.2, 0) is 6.54 Å². The Hall–Kier alpha value is -4.07. The highest BCUT2D eigenvalue weighted by Gasteiger charge is 2.12. The van der Waals surface area contributed by atoms with Crippen LogP contribution in [0.4, 0.5) is 0 Å². The largest absolute Gasteiger partial charge is 0.497 e. The zero-order valence-electron chi connectivity index (χ0n) is 19.1. The molecule has 0 spiro atoms. The summed E-state index contributed by atoms with van der Waals surface area (Å²) < 4.78 is 17.7. The number of hydrogen-bond donors (Lipinski definition) is 1. The van der Waals surface area contributed by atoms with Crippen LogP contribution in [0.25, 0.3) is 0 Å². The molecule has 0 fully saturated rings. The van der Waals surface area contributed by atoms with Crippen molar-refractivity contribution in [2.75, 3.05) is 14.2 Å². The summed E-state index contributed by atoms with van der Waals surface area (Å²) in [5, 5.41) is 3.97. The topological polar surface area (TPSA) is 91.2 Å². The van der Waals surface area contributed by atoms with Crippen molar-refractivity contribution in [2.45, 2.75) is 26.5 Å². The van der Waals surface area contributed by atoms with E-state index in [-0.39, 0.29) is 11.7 Å². The van der Waals surface area contributed by atoms with Crippen LogP contribution in [0.1, 0.15) is 35.3 Å². The summed E-state index contributed by atoms with van der Waals surface area (Å²) in [5.41, 5.74) is 3.62. The number of aromatic nitrogens is 1. The van der Waals surface area contributed by atoms with Crippen molar-refractivity contribution in [1.29, 1.82) is 0 Å². The molecule has 1 heterocycles. The monoisotopic (exact) mass is 449 g/mol. The standard InChI is InChI=1S/C25H27N3O5/c1-17(2)33-22-12-9-19(14-23(22)32-4)15-26-27-24(29)21-6-5-13-28(25(21)30)16-18-7-10-20(31-3)11-8-18/h5-15,17H,16H2,1-4H3,(H,27,29)/b26-15-. The first-order valence-corrected chi connectivity index (χ1v) is 10.4. The molecule has 0 saturated heterocycles. The molecule has 0 atom stereocenters. The van der Waals surface area contributed by atoms with E-state index >= 15 is 0 Å². The molecular formula is C25H27N3O5. The number of nitrogens with zero attached hydrogens (tertiary/aromatic N) is 2. The van der Waals surface area contributed by atoms with E-state index in [9.17, 15) is 9.59 Å². The molecule has 172 valence electrons. The maximum Gasteiger partial charge on any atom is 0.276 e. The maximum atomic E-state index is 12.8. The van der Waals surface area contributed by atoms with E-state index in [1.807, 2.05) is 38.1 Å². The van der Waals surface area contributed by atoms with Gasteiger partial charge in [0.2, 0.25) is 0 Å². The first kappa shape index (κ1) is 23.6. The van der Waals surface area contributed by atoms with Gasteiger partial charge in [0, 0.05) is 6.20 Å². The molecule has 8 heteroatoms. The van der Waals surface area contributed by atoms with Gasteiger partial charge in [-0.25, -0.2) is 5.43 Å². The first-order chi connectivity index (χ1) is 15.9. The molecule has 33 heavy (non-hydrogen) atoms. The lowest BCUT2D eigenvalue weighted by Crippen LogP contribution is -2.30. The molecule has 0 unspecified atom stereocenters. The SMILES string of the molecule is COc1ccc(Cn2cccc(C(=O)N/N=C\c3ccc(OC(C)C)c(OC)c3)c2=O)cc1. The maximum absolute atomic E-state index is 12.8. The summed E-state index contributed by atoms with van der Waals surface area (Å²) in [5.74, 6) is 1.32. The normalized spacial score (nSPS) is 10.9. The van der Waals surface area contributed by atoms with E-state index in [4.69, 9.17) is 14.2 Å².